The summed E-state index contributed by atoms with van der Waals surface area (Å²) in [5.41, 5.74) is 1.28. The topological polar surface area (TPSA) is 39.4 Å². The normalized spacial score (nSPS) is 10.7. The van der Waals surface area contributed by atoms with Gasteiger partial charge in [0, 0.05) is 10.9 Å². The quantitative estimate of drug-likeness (QED) is 0.668. The van der Waals surface area contributed by atoms with E-state index in [0.717, 1.165) is 11.0 Å². The van der Waals surface area contributed by atoms with Gasteiger partial charge in [0.05, 0.1) is 6.61 Å². The van der Waals surface area contributed by atoms with E-state index in [1.165, 1.54) is 0 Å². The summed E-state index contributed by atoms with van der Waals surface area (Å²) < 4.78 is 11.0. The van der Waals surface area contributed by atoms with Gasteiger partial charge in [-0.15, -0.1) is 0 Å². The van der Waals surface area contributed by atoms with Crippen LogP contribution in [0, 0.1) is 0 Å². The Bertz CT molecular complexity index is 723. The largest absolute Gasteiger partial charge is 0.494 e. The van der Waals surface area contributed by atoms with Crippen molar-refractivity contribution in [3.63, 3.8) is 0 Å². The number of ketones is 1. The van der Waals surface area contributed by atoms with Crippen LogP contribution in [0.4, 0.5) is 0 Å². The number of fused-ring (bicyclic) bond motifs is 1. The predicted octanol–water partition coefficient (Wildman–Crippen LogP) is 4.06. The van der Waals surface area contributed by atoms with Gasteiger partial charge >= 0.3 is 0 Å². The second-order valence-electron chi connectivity index (χ2n) is 4.44. The first kappa shape index (κ1) is 12.5. The molecule has 3 aromatic rings. The van der Waals surface area contributed by atoms with Crippen LogP contribution in [-0.4, -0.2) is 12.4 Å². The lowest BCUT2D eigenvalue weighted by molar-refractivity contribution is 0.101. The number of para-hydroxylation sites is 1. The van der Waals surface area contributed by atoms with Crippen molar-refractivity contribution in [2.75, 3.05) is 6.61 Å². The van der Waals surface area contributed by atoms with Crippen LogP contribution in [-0.2, 0) is 0 Å². The molecule has 0 aliphatic carbocycles. The number of rotatable bonds is 4. The molecule has 1 aromatic heterocycles. The van der Waals surface area contributed by atoms with Crippen LogP contribution in [0.1, 0.15) is 23.0 Å². The summed E-state index contributed by atoms with van der Waals surface area (Å²) in [4.78, 5) is 12.4. The molecular formula is C17H14O3. The molecule has 0 fully saturated rings. The van der Waals surface area contributed by atoms with E-state index in [2.05, 4.69) is 0 Å². The zero-order valence-electron chi connectivity index (χ0n) is 11.1. The summed E-state index contributed by atoms with van der Waals surface area (Å²) in [5.74, 6) is 0.900. The van der Waals surface area contributed by atoms with Gasteiger partial charge in [0.2, 0.25) is 5.78 Å². The number of carbonyl (C=O) groups is 1. The summed E-state index contributed by atoms with van der Waals surface area (Å²) >= 11 is 0. The van der Waals surface area contributed by atoms with Crippen molar-refractivity contribution in [1.82, 2.24) is 0 Å². The SMILES string of the molecule is CCOc1cccc(C(=O)c2cc3ccccc3o2)c1. The monoisotopic (exact) mass is 266 g/mol. The van der Waals surface area contributed by atoms with Gasteiger partial charge < -0.3 is 9.15 Å². The average molecular weight is 266 g/mol. The van der Waals surface area contributed by atoms with Crippen LogP contribution < -0.4 is 4.74 Å². The minimum absolute atomic E-state index is 0.136. The predicted molar refractivity (Wildman–Crippen MR) is 77.3 cm³/mol. The van der Waals surface area contributed by atoms with Crippen LogP contribution in [0.25, 0.3) is 11.0 Å². The fourth-order valence-corrected chi connectivity index (χ4v) is 2.13. The Labute approximate surface area is 116 Å². The van der Waals surface area contributed by atoms with Crippen molar-refractivity contribution in [2.24, 2.45) is 0 Å². The lowest BCUT2D eigenvalue weighted by Gasteiger charge is -2.04. The highest BCUT2D eigenvalue weighted by Gasteiger charge is 2.14. The molecule has 0 radical (unpaired) electrons. The molecule has 100 valence electrons. The van der Waals surface area contributed by atoms with E-state index in [0.29, 0.717) is 23.7 Å². The van der Waals surface area contributed by atoms with E-state index in [4.69, 9.17) is 9.15 Å². The standard InChI is InChI=1S/C17H14O3/c1-2-19-14-8-5-7-13(10-14)17(18)16-11-12-6-3-4-9-15(12)20-16/h3-11H,2H2,1H3. The molecule has 20 heavy (non-hydrogen) atoms. The maximum atomic E-state index is 12.4. The van der Waals surface area contributed by atoms with Crippen LogP contribution in [0.2, 0.25) is 0 Å². The number of ether oxygens (including phenoxy) is 1. The number of hydrogen-bond acceptors (Lipinski definition) is 3. The molecule has 0 amide bonds. The van der Waals surface area contributed by atoms with Crippen molar-refractivity contribution in [3.8, 4) is 5.75 Å². The summed E-state index contributed by atoms with van der Waals surface area (Å²) in [6.07, 6.45) is 0. The average Bonchev–Trinajstić information content (AvgIpc) is 2.91. The lowest BCUT2D eigenvalue weighted by atomic mass is 10.1. The highest BCUT2D eigenvalue weighted by molar-refractivity contribution is 6.09. The first-order valence-electron chi connectivity index (χ1n) is 6.54. The Morgan fingerprint density at radius 1 is 1.10 bits per heavy atom. The van der Waals surface area contributed by atoms with Crippen molar-refractivity contribution in [3.05, 3.63) is 65.9 Å². The molecule has 0 saturated heterocycles. The Morgan fingerprint density at radius 2 is 1.95 bits per heavy atom. The maximum Gasteiger partial charge on any atom is 0.228 e. The van der Waals surface area contributed by atoms with E-state index < -0.39 is 0 Å². The minimum Gasteiger partial charge on any atom is -0.494 e. The smallest absolute Gasteiger partial charge is 0.228 e. The van der Waals surface area contributed by atoms with E-state index in [1.54, 1.807) is 24.3 Å². The molecule has 0 spiro atoms. The van der Waals surface area contributed by atoms with E-state index in [9.17, 15) is 4.79 Å². The fraction of sp³-hybridized carbons (Fsp3) is 0.118. The molecule has 0 aliphatic heterocycles. The van der Waals surface area contributed by atoms with E-state index in [1.807, 2.05) is 37.3 Å². The molecule has 3 heteroatoms. The van der Waals surface area contributed by atoms with Gasteiger partial charge in [0.15, 0.2) is 5.76 Å². The lowest BCUT2D eigenvalue weighted by Crippen LogP contribution is -2.00. The third-order valence-corrected chi connectivity index (χ3v) is 3.06. The molecule has 0 aliphatic rings. The third-order valence-electron chi connectivity index (χ3n) is 3.06. The molecule has 0 N–H and O–H groups in total. The molecule has 2 aromatic carbocycles. The summed E-state index contributed by atoms with van der Waals surface area (Å²) in [7, 11) is 0. The van der Waals surface area contributed by atoms with E-state index >= 15 is 0 Å². The molecule has 3 nitrogen and oxygen atoms in total. The third kappa shape index (κ3) is 2.30. The van der Waals surface area contributed by atoms with Gasteiger partial charge in [-0.2, -0.15) is 0 Å². The molecule has 1 heterocycles. The Kier molecular flexibility index (Phi) is 3.25. The Hall–Kier alpha value is -2.55. The van der Waals surface area contributed by atoms with Crippen molar-refractivity contribution < 1.29 is 13.9 Å². The molecule has 0 atom stereocenters. The second kappa shape index (κ2) is 5.21. The molecule has 3 rings (SSSR count). The Morgan fingerprint density at radius 3 is 2.75 bits per heavy atom. The minimum atomic E-state index is -0.136. The van der Waals surface area contributed by atoms with Gasteiger partial charge in [-0.05, 0) is 31.2 Å². The first-order chi connectivity index (χ1) is 9.78. The van der Waals surface area contributed by atoms with Gasteiger partial charge in [0.25, 0.3) is 0 Å². The summed E-state index contributed by atoms with van der Waals surface area (Å²) in [6, 6.07) is 16.5. The molecular weight excluding hydrogens is 252 g/mol. The zero-order valence-corrected chi connectivity index (χ0v) is 11.1. The number of carbonyl (C=O) groups excluding carboxylic acids is 1. The van der Waals surface area contributed by atoms with Crippen molar-refractivity contribution >= 4 is 16.8 Å². The van der Waals surface area contributed by atoms with Crippen LogP contribution in [0.15, 0.2) is 59.0 Å². The van der Waals surface area contributed by atoms with E-state index in [-0.39, 0.29) is 5.78 Å². The van der Waals surface area contributed by atoms with Crippen molar-refractivity contribution in [1.29, 1.82) is 0 Å². The maximum absolute atomic E-state index is 12.4. The first-order valence-corrected chi connectivity index (χ1v) is 6.54. The van der Waals surface area contributed by atoms with Crippen LogP contribution in [0.5, 0.6) is 5.75 Å². The summed E-state index contributed by atoms with van der Waals surface area (Å²) in [6.45, 7) is 2.48. The van der Waals surface area contributed by atoms with Crippen molar-refractivity contribution in [2.45, 2.75) is 6.92 Å². The van der Waals surface area contributed by atoms with Crippen LogP contribution >= 0.6 is 0 Å². The highest BCUT2D eigenvalue weighted by Crippen LogP contribution is 2.22. The Balaban J connectivity index is 1.97. The van der Waals surface area contributed by atoms with Gasteiger partial charge in [-0.25, -0.2) is 0 Å². The number of benzene rings is 2. The van der Waals surface area contributed by atoms with Gasteiger partial charge in [-0.1, -0.05) is 30.3 Å². The number of hydrogen-bond donors (Lipinski definition) is 0. The fourth-order valence-electron chi connectivity index (χ4n) is 2.13. The van der Waals surface area contributed by atoms with Crippen LogP contribution in [0.3, 0.4) is 0 Å². The molecule has 0 saturated carbocycles. The highest BCUT2D eigenvalue weighted by atomic mass is 16.5. The zero-order chi connectivity index (χ0) is 13.9. The number of furan rings is 1. The molecule has 0 unspecified atom stereocenters. The van der Waals surface area contributed by atoms with Gasteiger partial charge in [-0.3, -0.25) is 4.79 Å². The summed E-state index contributed by atoms with van der Waals surface area (Å²) in [5, 5.41) is 0.928. The van der Waals surface area contributed by atoms with Gasteiger partial charge in [0.1, 0.15) is 11.3 Å². The molecule has 0 bridgehead atoms. The second-order valence-corrected chi connectivity index (χ2v) is 4.44.